The lowest BCUT2D eigenvalue weighted by molar-refractivity contribution is -0.149. The zero-order valence-electron chi connectivity index (χ0n) is 19.7. The van der Waals surface area contributed by atoms with E-state index in [9.17, 15) is 9.90 Å². The highest BCUT2D eigenvalue weighted by Gasteiger charge is 2.17. The zero-order chi connectivity index (χ0) is 24.3. The average molecular weight is 463 g/mol. The van der Waals surface area contributed by atoms with Gasteiger partial charge in [0.1, 0.15) is 29.6 Å². The maximum atomic E-state index is 11.2. The molecular formula is C28H30O6. The van der Waals surface area contributed by atoms with E-state index in [4.69, 9.17) is 18.9 Å². The Balaban J connectivity index is 1.51. The summed E-state index contributed by atoms with van der Waals surface area (Å²) in [5, 5.41) is 9.21. The number of hydrogen-bond donors (Lipinski definition) is 1. The molecule has 6 nitrogen and oxygen atoms in total. The van der Waals surface area contributed by atoms with Crippen LogP contribution in [0, 0.1) is 0 Å². The summed E-state index contributed by atoms with van der Waals surface area (Å²) in [6.07, 6.45) is 1.50. The van der Waals surface area contributed by atoms with Gasteiger partial charge in [-0.25, -0.2) is 4.79 Å². The van der Waals surface area contributed by atoms with Gasteiger partial charge in [-0.1, -0.05) is 24.3 Å². The summed E-state index contributed by atoms with van der Waals surface area (Å²) >= 11 is 0. The predicted octanol–water partition coefficient (Wildman–Crippen LogP) is 6.00. The van der Waals surface area contributed by atoms with Gasteiger partial charge in [-0.2, -0.15) is 0 Å². The van der Waals surface area contributed by atoms with Gasteiger partial charge in [0, 0.05) is 13.0 Å². The molecule has 178 valence electrons. The fraction of sp³-hybridized carbons (Fsp3) is 0.250. The van der Waals surface area contributed by atoms with E-state index in [2.05, 4.69) is 0 Å². The summed E-state index contributed by atoms with van der Waals surface area (Å²) in [6, 6.07) is 22.7. The molecule has 0 aliphatic heterocycles. The molecule has 0 amide bonds. The third-order valence-electron chi connectivity index (χ3n) is 5.23. The van der Waals surface area contributed by atoms with E-state index >= 15 is 0 Å². The van der Waals surface area contributed by atoms with Crippen molar-refractivity contribution in [3.05, 3.63) is 90.0 Å². The molecule has 0 fully saturated rings. The summed E-state index contributed by atoms with van der Waals surface area (Å²) in [5.41, 5.74) is 3.06. The normalized spacial score (nSPS) is 12.1. The Kier molecular flexibility index (Phi) is 9.12. The maximum Gasteiger partial charge on any atom is 0.333 e. The molecule has 0 aliphatic rings. The van der Waals surface area contributed by atoms with E-state index in [0.717, 1.165) is 39.7 Å². The van der Waals surface area contributed by atoms with Gasteiger partial charge in [0.15, 0.2) is 6.10 Å². The third-order valence-corrected chi connectivity index (χ3v) is 5.23. The molecule has 0 radical (unpaired) electrons. The van der Waals surface area contributed by atoms with Crippen LogP contribution in [0.2, 0.25) is 0 Å². The molecule has 0 spiro atoms. The van der Waals surface area contributed by atoms with Gasteiger partial charge in [-0.05, 0) is 85.2 Å². The molecular weight excluding hydrogens is 432 g/mol. The molecule has 1 atom stereocenters. The number of hydrogen-bond acceptors (Lipinski definition) is 5. The van der Waals surface area contributed by atoms with Crippen LogP contribution >= 0.6 is 0 Å². The van der Waals surface area contributed by atoms with Crippen LogP contribution in [0.4, 0.5) is 0 Å². The minimum Gasteiger partial charge on any atom is -0.497 e. The van der Waals surface area contributed by atoms with Crippen LogP contribution in [-0.4, -0.2) is 37.5 Å². The summed E-state index contributed by atoms with van der Waals surface area (Å²) in [5.74, 6) is 2.06. The van der Waals surface area contributed by atoms with E-state index in [1.165, 1.54) is 0 Å². The SMILES string of the molecule is CCOC(Cc1ccc(OCC=C(C)c2ccc(Oc3ccc(OC)cc3)cc2)cc1)C(=O)O. The molecule has 34 heavy (non-hydrogen) atoms. The van der Waals surface area contributed by atoms with Crippen LogP contribution < -0.4 is 14.2 Å². The molecule has 6 heteroatoms. The molecule has 3 aromatic rings. The highest BCUT2D eigenvalue weighted by atomic mass is 16.5. The van der Waals surface area contributed by atoms with E-state index in [1.807, 2.05) is 85.8 Å². The molecule has 1 N–H and O–H groups in total. The van der Waals surface area contributed by atoms with Crippen LogP contribution in [0.3, 0.4) is 0 Å². The summed E-state index contributed by atoms with van der Waals surface area (Å²) in [4.78, 5) is 11.2. The Bertz CT molecular complexity index is 1070. The number of carboxylic acid groups (broad SMARTS) is 1. The molecule has 3 rings (SSSR count). The smallest absolute Gasteiger partial charge is 0.333 e. The number of rotatable bonds is 12. The van der Waals surface area contributed by atoms with E-state index < -0.39 is 12.1 Å². The number of aliphatic carboxylic acids is 1. The number of carboxylic acids is 1. The molecule has 0 aromatic heterocycles. The van der Waals surface area contributed by atoms with Crippen molar-refractivity contribution in [1.82, 2.24) is 0 Å². The molecule has 0 saturated carbocycles. The topological polar surface area (TPSA) is 74.2 Å². The molecule has 0 saturated heterocycles. The molecule has 3 aromatic carbocycles. The third kappa shape index (κ3) is 7.39. The van der Waals surface area contributed by atoms with Crippen molar-refractivity contribution in [3.63, 3.8) is 0 Å². The van der Waals surface area contributed by atoms with Crippen molar-refractivity contribution in [2.45, 2.75) is 26.4 Å². The van der Waals surface area contributed by atoms with Crippen molar-refractivity contribution in [2.24, 2.45) is 0 Å². The van der Waals surface area contributed by atoms with E-state index in [0.29, 0.717) is 19.6 Å². The second kappa shape index (κ2) is 12.5. The Morgan fingerprint density at radius 1 is 0.882 bits per heavy atom. The molecule has 0 bridgehead atoms. The van der Waals surface area contributed by atoms with Crippen LogP contribution in [0.1, 0.15) is 25.0 Å². The first-order chi connectivity index (χ1) is 16.5. The Hall–Kier alpha value is -3.77. The standard InChI is InChI=1S/C28H30O6/c1-4-32-27(28(29)30)19-21-5-9-24(10-6-21)33-18-17-20(2)22-7-11-25(12-8-22)34-26-15-13-23(31-3)14-16-26/h5-17,27H,4,18-19H2,1-3H3,(H,29,30). The number of carbonyl (C=O) groups is 1. The second-order valence-corrected chi connectivity index (χ2v) is 7.63. The largest absolute Gasteiger partial charge is 0.497 e. The first-order valence-electron chi connectivity index (χ1n) is 11.1. The fourth-order valence-corrected chi connectivity index (χ4v) is 3.30. The van der Waals surface area contributed by atoms with Gasteiger partial charge in [0.25, 0.3) is 0 Å². The first kappa shape index (κ1) is 24.9. The highest BCUT2D eigenvalue weighted by Crippen LogP contribution is 2.25. The van der Waals surface area contributed by atoms with Gasteiger partial charge in [-0.15, -0.1) is 0 Å². The Morgan fingerprint density at radius 3 is 2.00 bits per heavy atom. The van der Waals surface area contributed by atoms with Crippen molar-refractivity contribution in [3.8, 4) is 23.0 Å². The van der Waals surface area contributed by atoms with Gasteiger partial charge < -0.3 is 24.1 Å². The fourth-order valence-electron chi connectivity index (χ4n) is 3.30. The predicted molar refractivity (Wildman–Crippen MR) is 132 cm³/mol. The van der Waals surface area contributed by atoms with Crippen LogP contribution in [0.15, 0.2) is 78.9 Å². The Morgan fingerprint density at radius 2 is 1.44 bits per heavy atom. The quantitative estimate of drug-likeness (QED) is 0.356. The summed E-state index contributed by atoms with van der Waals surface area (Å²) < 4.78 is 22.1. The van der Waals surface area contributed by atoms with Gasteiger partial charge in [0.2, 0.25) is 0 Å². The number of allylic oxidation sites excluding steroid dienone is 1. The van der Waals surface area contributed by atoms with Gasteiger partial charge in [-0.3, -0.25) is 0 Å². The lowest BCUT2D eigenvalue weighted by atomic mass is 10.1. The van der Waals surface area contributed by atoms with Gasteiger partial charge >= 0.3 is 5.97 Å². The van der Waals surface area contributed by atoms with Crippen molar-refractivity contribution < 1.29 is 28.8 Å². The number of methoxy groups -OCH3 is 1. The molecule has 1 unspecified atom stereocenters. The minimum absolute atomic E-state index is 0.320. The van der Waals surface area contributed by atoms with Crippen molar-refractivity contribution in [2.75, 3.05) is 20.3 Å². The maximum absolute atomic E-state index is 11.2. The Labute approximate surface area is 200 Å². The van der Waals surface area contributed by atoms with E-state index in [-0.39, 0.29) is 0 Å². The van der Waals surface area contributed by atoms with Crippen molar-refractivity contribution >= 4 is 11.5 Å². The van der Waals surface area contributed by atoms with Crippen LogP contribution in [0.5, 0.6) is 23.0 Å². The second-order valence-electron chi connectivity index (χ2n) is 7.63. The van der Waals surface area contributed by atoms with Crippen LogP contribution in [0.25, 0.3) is 5.57 Å². The highest BCUT2D eigenvalue weighted by molar-refractivity contribution is 5.72. The minimum atomic E-state index is -0.955. The monoisotopic (exact) mass is 462 g/mol. The average Bonchev–Trinajstić information content (AvgIpc) is 2.85. The molecule has 0 aliphatic carbocycles. The number of ether oxygens (including phenoxy) is 4. The van der Waals surface area contributed by atoms with Crippen molar-refractivity contribution in [1.29, 1.82) is 0 Å². The number of benzene rings is 3. The van der Waals surface area contributed by atoms with Crippen LogP contribution in [-0.2, 0) is 16.0 Å². The van der Waals surface area contributed by atoms with Gasteiger partial charge in [0.05, 0.1) is 7.11 Å². The summed E-state index contributed by atoms with van der Waals surface area (Å²) in [6.45, 7) is 4.60. The summed E-state index contributed by atoms with van der Waals surface area (Å²) in [7, 11) is 1.63. The zero-order valence-corrected chi connectivity index (χ0v) is 19.7. The lowest BCUT2D eigenvalue weighted by Crippen LogP contribution is -2.26. The first-order valence-corrected chi connectivity index (χ1v) is 11.1. The lowest BCUT2D eigenvalue weighted by Gasteiger charge is -2.12. The molecule has 0 heterocycles. The van der Waals surface area contributed by atoms with E-state index in [1.54, 1.807) is 14.0 Å².